The van der Waals surface area contributed by atoms with Crippen LogP contribution in [0.4, 0.5) is 0 Å². The van der Waals surface area contributed by atoms with Crippen molar-refractivity contribution in [3.63, 3.8) is 0 Å². The van der Waals surface area contributed by atoms with Crippen LogP contribution in [0.2, 0.25) is 0 Å². The standard InChI is InChI=1S/C45H48N4O4/c1-28(50)30-9-13-40-36(23-30)38-25-32(11-15-41(38)48(40)22-19-34-7-5-20-46(34)3)44(52)17-18-45(53)33-12-16-43-39(26-33)37-24-31(29(2)51)10-14-42(37)49(43)27-35-8-6-21-47(35)4/h9-16,23-26,34-35H,5-8,17-22,27H2,1-4H3. The molecular weight excluding hydrogens is 661 g/mol. The summed E-state index contributed by atoms with van der Waals surface area (Å²) in [5.74, 6) is -0.149. The van der Waals surface area contributed by atoms with Crippen molar-refractivity contribution in [2.45, 2.75) is 84.0 Å². The summed E-state index contributed by atoms with van der Waals surface area (Å²) >= 11 is 0. The van der Waals surface area contributed by atoms with E-state index in [4.69, 9.17) is 0 Å². The Balaban J connectivity index is 1.06. The SMILES string of the molecule is CC(=O)c1ccc2c(c1)c1cc(C(=O)CCC(=O)c3ccc4c(c3)c3cc(C(C)=O)ccc3n4CC3CCCN3C)ccc1n2CCC1CCCN1C. The van der Waals surface area contributed by atoms with E-state index in [9.17, 15) is 19.2 Å². The number of nitrogens with zero attached hydrogens (tertiary/aromatic N) is 4. The fraction of sp³-hybridized carbons (Fsp3) is 0.378. The first-order valence-corrected chi connectivity index (χ1v) is 19.2. The van der Waals surface area contributed by atoms with Crippen LogP contribution in [0.3, 0.4) is 0 Å². The van der Waals surface area contributed by atoms with Gasteiger partial charge in [0.05, 0.1) is 0 Å². The molecule has 8 heteroatoms. The summed E-state index contributed by atoms with van der Waals surface area (Å²) in [7, 11) is 4.37. The van der Waals surface area contributed by atoms with Gasteiger partial charge in [-0.05, 0) is 146 Å². The van der Waals surface area contributed by atoms with E-state index in [-0.39, 0.29) is 36.0 Å². The molecule has 0 amide bonds. The molecule has 272 valence electrons. The molecule has 2 unspecified atom stereocenters. The van der Waals surface area contributed by atoms with Crippen molar-refractivity contribution < 1.29 is 19.2 Å². The Labute approximate surface area is 310 Å². The Morgan fingerprint density at radius 3 is 1.36 bits per heavy atom. The van der Waals surface area contributed by atoms with E-state index in [0.29, 0.717) is 34.3 Å². The van der Waals surface area contributed by atoms with E-state index in [2.05, 4.69) is 33.0 Å². The van der Waals surface area contributed by atoms with Gasteiger partial charge in [-0.1, -0.05) is 0 Å². The Hall–Kier alpha value is -4.92. The lowest BCUT2D eigenvalue weighted by Gasteiger charge is -2.21. The average Bonchev–Trinajstić information content (AvgIpc) is 3.92. The average molecular weight is 709 g/mol. The van der Waals surface area contributed by atoms with Crippen molar-refractivity contribution in [1.82, 2.24) is 18.9 Å². The lowest BCUT2D eigenvalue weighted by molar-refractivity contribution is 0.0917. The van der Waals surface area contributed by atoms with Gasteiger partial charge in [-0.2, -0.15) is 0 Å². The summed E-state index contributed by atoms with van der Waals surface area (Å²) in [6.45, 7) is 7.07. The van der Waals surface area contributed by atoms with E-state index in [1.54, 1.807) is 13.8 Å². The summed E-state index contributed by atoms with van der Waals surface area (Å²) < 4.78 is 4.66. The number of rotatable bonds is 12. The van der Waals surface area contributed by atoms with E-state index < -0.39 is 0 Å². The van der Waals surface area contributed by atoms with Crippen LogP contribution in [0.5, 0.6) is 0 Å². The maximum atomic E-state index is 13.7. The number of hydrogen-bond acceptors (Lipinski definition) is 6. The van der Waals surface area contributed by atoms with E-state index in [1.807, 2.05) is 72.8 Å². The molecule has 2 aliphatic rings. The van der Waals surface area contributed by atoms with Gasteiger partial charge in [0.25, 0.3) is 0 Å². The maximum Gasteiger partial charge on any atom is 0.163 e. The zero-order valence-corrected chi connectivity index (χ0v) is 31.3. The number of benzene rings is 4. The molecule has 2 aliphatic heterocycles. The van der Waals surface area contributed by atoms with Crippen molar-refractivity contribution in [2.24, 2.45) is 0 Å². The Bertz CT molecular complexity index is 2450. The molecule has 0 spiro atoms. The van der Waals surface area contributed by atoms with Gasteiger partial charge in [0.15, 0.2) is 23.1 Å². The van der Waals surface area contributed by atoms with Crippen LogP contribution in [0, 0.1) is 0 Å². The second-order valence-corrected chi connectivity index (χ2v) is 15.5. The van der Waals surface area contributed by atoms with Crippen molar-refractivity contribution in [1.29, 1.82) is 0 Å². The van der Waals surface area contributed by atoms with Crippen LogP contribution < -0.4 is 0 Å². The minimum atomic E-state index is -0.0833. The number of likely N-dealkylation sites (N-methyl/N-ethyl adjacent to an activating group) is 1. The molecule has 2 fully saturated rings. The van der Waals surface area contributed by atoms with E-state index in [0.717, 1.165) is 82.6 Å². The van der Waals surface area contributed by atoms with Gasteiger partial charge >= 0.3 is 0 Å². The fourth-order valence-corrected chi connectivity index (χ4v) is 8.99. The highest BCUT2D eigenvalue weighted by Crippen LogP contribution is 2.35. The van der Waals surface area contributed by atoms with Gasteiger partial charge < -0.3 is 18.9 Å². The molecule has 2 aromatic heterocycles. The van der Waals surface area contributed by atoms with Gasteiger partial charge in [0, 0.05) is 104 Å². The smallest absolute Gasteiger partial charge is 0.163 e. The van der Waals surface area contributed by atoms with Crippen LogP contribution in [-0.2, 0) is 13.1 Å². The molecule has 8 nitrogen and oxygen atoms in total. The number of aryl methyl sites for hydroxylation is 1. The molecule has 0 bridgehead atoms. The minimum absolute atomic E-state index is 0.00743. The normalized spacial score (nSPS) is 18.3. The molecule has 0 aliphatic carbocycles. The zero-order valence-electron chi connectivity index (χ0n) is 31.3. The highest BCUT2D eigenvalue weighted by Gasteiger charge is 2.25. The number of ketones is 4. The Morgan fingerprint density at radius 1 is 0.547 bits per heavy atom. The maximum absolute atomic E-state index is 13.7. The highest BCUT2D eigenvalue weighted by molar-refractivity contribution is 6.15. The van der Waals surface area contributed by atoms with Crippen LogP contribution in [0.25, 0.3) is 43.6 Å². The summed E-state index contributed by atoms with van der Waals surface area (Å²) in [4.78, 5) is 57.0. The van der Waals surface area contributed by atoms with Gasteiger partial charge in [-0.25, -0.2) is 0 Å². The van der Waals surface area contributed by atoms with Crippen LogP contribution >= 0.6 is 0 Å². The molecule has 2 saturated heterocycles. The van der Waals surface area contributed by atoms with Gasteiger partial charge in [0.2, 0.25) is 0 Å². The number of hydrogen-bond donors (Lipinski definition) is 0. The third-order valence-corrected chi connectivity index (χ3v) is 12.2. The van der Waals surface area contributed by atoms with Gasteiger partial charge in [-0.15, -0.1) is 0 Å². The highest BCUT2D eigenvalue weighted by atomic mass is 16.1. The largest absolute Gasteiger partial charge is 0.340 e. The van der Waals surface area contributed by atoms with E-state index >= 15 is 0 Å². The molecule has 6 aromatic rings. The minimum Gasteiger partial charge on any atom is -0.340 e. The number of likely N-dealkylation sites (tertiary alicyclic amines) is 2. The van der Waals surface area contributed by atoms with E-state index in [1.165, 1.54) is 19.3 Å². The third-order valence-electron chi connectivity index (χ3n) is 12.2. The van der Waals surface area contributed by atoms with Crippen molar-refractivity contribution in [3.8, 4) is 0 Å². The van der Waals surface area contributed by atoms with Gasteiger partial charge in [0.1, 0.15) is 0 Å². The first-order chi connectivity index (χ1) is 25.6. The number of carbonyl (C=O) groups excluding carboxylic acids is 4. The Kier molecular flexibility index (Phi) is 9.37. The molecule has 0 radical (unpaired) electrons. The topological polar surface area (TPSA) is 84.6 Å². The summed E-state index contributed by atoms with van der Waals surface area (Å²) in [5.41, 5.74) is 6.65. The summed E-state index contributed by atoms with van der Waals surface area (Å²) in [5, 5.41) is 3.84. The number of carbonyl (C=O) groups is 4. The second kappa shape index (κ2) is 14.1. The van der Waals surface area contributed by atoms with Crippen LogP contribution in [-0.4, -0.2) is 81.3 Å². The monoisotopic (exact) mass is 708 g/mol. The molecule has 0 N–H and O–H groups in total. The second-order valence-electron chi connectivity index (χ2n) is 15.5. The molecule has 53 heavy (non-hydrogen) atoms. The molecular formula is C45H48N4O4. The molecule has 2 atom stereocenters. The lowest BCUT2D eigenvalue weighted by atomic mass is 9.98. The first kappa shape index (κ1) is 35.1. The Morgan fingerprint density at radius 2 is 0.943 bits per heavy atom. The fourth-order valence-electron chi connectivity index (χ4n) is 8.99. The van der Waals surface area contributed by atoms with Gasteiger partial charge in [-0.3, -0.25) is 19.2 Å². The van der Waals surface area contributed by atoms with Crippen molar-refractivity contribution >= 4 is 66.7 Å². The zero-order chi connectivity index (χ0) is 37.0. The number of fused-ring (bicyclic) bond motifs is 6. The van der Waals surface area contributed by atoms with Crippen LogP contribution in [0.1, 0.15) is 100 Å². The van der Waals surface area contributed by atoms with Crippen molar-refractivity contribution in [3.05, 3.63) is 95.1 Å². The lowest BCUT2D eigenvalue weighted by Crippen LogP contribution is -2.29. The third kappa shape index (κ3) is 6.53. The first-order valence-electron chi connectivity index (χ1n) is 19.2. The number of Topliss-reactive ketones (excluding diaryl/α,β-unsaturated/α-hetero) is 4. The van der Waals surface area contributed by atoms with Crippen molar-refractivity contribution in [2.75, 3.05) is 27.2 Å². The predicted molar refractivity (Wildman–Crippen MR) is 213 cm³/mol. The quantitative estimate of drug-likeness (QED) is 0.118. The summed E-state index contributed by atoms with van der Waals surface area (Å²) in [6.07, 6.45) is 5.98. The predicted octanol–water partition coefficient (Wildman–Crippen LogP) is 8.73. The molecule has 4 aromatic carbocycles. The number of aromatic nitrogens is 2. The molecule has 4 heterocycles. The van der Waals surface area contributed by atoms with Crippen LogP contribution in [0.15, 0.2) is 72.8 Å². The summed E-state index contributed by atoms with van der Waals surface area (Å²) in [6, 6.07) is 24.4. The molecule has 0 saturated carbocycles. The molecule has 8 rings (SSSR count).